The van der Waals surface area contributed by atoms with E-state index in [-0.39, 0.29) is 48.2 Å². The minimum absolute atomic E-state index is 0. The molecule has 0 rings (SSSR count). The Morgan fingerprint density at radius 1 is 1.16 bits per heavy atom. The largest absolute Gasteiger partial charge is 1.00 e. The predicted molar refractivity (Wildman–Crippen MR) is 61.6 cm³/mol. The van der Waals surface area contributed by atoms with E-state index in [4.69, 9.17) is 0 Å². The molecule has 0 aromatic heterocycles. The van der Waals surface area contributed by atoms with Crippen molar-refractivity contribution in [1.82, 2.24) is 0 Å². The van der Waals surface area contributed by atoms with Crippen molar-refractivity contribution in [3.63, 3.8) is 0 Å². The van der Waals surface area contributed by atoms with E-state index in [1.165, 1.54) is 6.92 Å². The molecule has 0 radical (unpaired) electrons. The Morgan fingerprint density at radius 2 is 1.68 bits per heavy atom. The minimum Gasteiger partial charge on any atom is -0.756 e. The molecule has 0 aromatic rings. The first-order chi connectivity index (χ1) is 8.12. The summed E-state index contributed by atoms with van der Waals surface area (Å²) in [7, 11) is -4.48. The van der Waals surface area contributed by atoms with Crippen LogP contribution in [0.2, 0.25) is 0 Å². The number of rotatable bonds is 7. The van der Waals surface area contributed by atoms with Gasteiger partial charge in [0, 0.05) is 0 Å². The van der Waals surface area contributed by atoms with Crippen LogP contribution in [0, 0.1) is 5.92 Å². The van der Waals surface area contributed by atoms with Gasteiger partial charge in [0.05, 0.1) is 12.7 Å². The maximum Gasteiger partial charge on any atom is 1.00 e. The van der Waals surface area contributed by atoms with E-state index in [0.29, 0.717) is 0 Å². The van der Waals surface area contributed by atoms with E-state index < -0.39 is 20.3 Å². The molecule has 0 aliphatic rings. The van der Waals surface area contributed by atoms with Gasteiger partial charge in [-0.2, -0.15) is 0 Å². The van der Waals surface area contributed by atoms with Crippen LogP contribution in [0.5, 0.6) is 0 Å². The van der Waals surface area contributed by atoms with E-state index in [1.807, 2.05) is 0 Å². The van der Waals surface area contributed by atoms with Crippen LogP contribution >= 0.6 is 7.82 Å². The molecule has 0 N–H and O–H groups in total. The Hall–Kier alpha value is 0.380. The molecule has 0 aliphatic heterocycles. The first kappa shape index (κ1) is 21.7. The van der Waals surface area contributed by atoms with Crippen molar-refractivity contribution in [3.8, 4) is 0 Å². The Bertz CT molecular complexity index is 308. The molecule has 0 fully saturated rings. The summed E-state index contributed by atoms with van der Waals surface area (Å²) >= 11 is 0. The summed E-state index contributed by atoms with van der Waals surface area (Å²) in [4.78, 5) is 22.4. The fourth-order valence-corrected chi connectivity index (χ4v) is 1.78. The molecule has 2 atom stereocenters. The third kappa shape index (κ3) is 13.1. The molecular weight excluding hydrogens is 286 g/mol. The van der Waals surface area contributed by atoms with Crippen LogP contribution in [0.1, 0.15) is 34.6 Å². The smallest absolute Gasteiger partial charge is 0.756 e. The number of phosphoric ester groups is 1. The molecule has 9 heteroatoms. The van der Waals surface area contributed by atoms with Crippen molar-refractivity contribution in [2.45, 2.75) is 47.0 Å². The first-order valence-corrected chi connectivity index (χ1v) is 7.09. The second-order valence-electron chi connectivity index (χ2n) is 4.34. The fraction of sp³-hybridized carbons (Fsp3) is 0.900. The van der Waals surface area contributed by atoms with Gasteiger partial charge in [0.25, 0.3) is 7.82 Å². The number of ether oxygens (including phenoxy) is 2. The van der Waals surface area contributed by atoms with Crippen LogP contribution in [0.15, 0.2) is 0 Å². The summed E-state index contributed by atoms with van der Waals surface area (Å²) in [6.45, 7) is 8.11. The van der Waals surface area contributed by atoms with Crippen molar-refractivity contribution in [2.24, 2.45) is 5.92 Å². The number of carbonyl (C=O) groups excluding carboxylic acids is 1. The third-order valence-corrected chi connectivity index (χ3v) is 2.46. The monoisotopic (exact) mass is 306 g/mol. The van der Waals surface area contributed by atoms with E-state index >= 15 is 0 Å². The van der Waals surface area contributed by atoms with Crippen LogP contribution in [-0.4, -0.2) is 25.2 Å². The maximum absolute atomic E-state index is 11.3. The van der Waals surface area contributed by atoms with Gasteiger partial charge in [-0.25, -0.2) is 4.79 Å². The van der Waals surface area contributed by atoms with Crippen molar-refractivity contribution in [1.29, 1.82) is 0 Å². The van der Waals surface area contributed by atoms with E-state index in [9.17, 15) is 14.3 Å². The van der Waals surface area contributed by atoms with E-state index in [1.54, 1.807) is 27.7 Å². The standard InChI is InChI=1S/C10H21O7P.Na/c1-7(2)6-14-18(12,13)17-9(5)16-10(11)15-8(3)4;/h7-9H,6H2,1-5H3,(H,12,13);/q;+1/p-1. The van der Waals surface area contributed by atoms with Gasteiger partial charge >= 0.3 is 35.7 Å². The van der Waals surface area contributed by atoms with Gasteiger partial charge < -0.3 is 18.9 Å². The Morgan fingerprint density at radius 3 is 2.11 bits per heavy atom. The molecule has 0 aliphatic carbocycles. The van der Waals surface area contributed by atoms with Crippen molar-refractivity contribution >= 4 is 14.0 Å². The zero-order chi connectivity index (χ0) is 14.3. The third-order valence-electron chi connectivity index (χ3n) is 1.44. The summed E-state index contributed by atoms with van der Waals surface area (Å²) in [5.74, 6) is 0.0398. The number of hydrogen-bond donors (Lipinski definition) is 0. The average Bonchev–Trinajstić information content (AvgIpc) is 2.11. The summed E-state index contributed by atoms with van der Waals surface area (Å²) < 4.78 is 29.6. The number of carbonyl (C=O) groups is 1. The molecular formula is C10H20NaO7P. The van der Waals surface area contributed by atoms with Crippen LogP contribution < -0.4 is 34.5 Å². The second-order valence-corrected chi connectivity index (χ2v) is 5.71. The summed E-state index contributed by atoms with van der Waals surface area (Å²) in [6, 6.07) is 0. The molecule has 7 nitrogen and oxygen atoms in total. The molecule has 0 amide bonds. The Balaban J connectivity index is 0. The van der Waals surface area contributed by atoms with Crippen LogP contribution in [0.4, 0.5) is 4.79 Å². The molecule has 0 spiro atoms. The molecule has 2 unspecified atom stereocenters. The van der Waals surface area contributed by atoms with Crippen LogP contribution in [-0.2, 0) is 23.1 Å². The molecule has 0 aromatic carbocycles. The quantitative estimate of drug-likeness (QED) is 0.259. The molecule has 19 heavy (non-hydrogen) atoms. The predicted octanol–water partition coefficient (Wildman–Crippen LogP) is -0.944. The minimum atomic E-state index is -4.48. The van der Waals surface area contributed by atoms with Crippen LogP contribution in [0.25, 0.3) is 0 Å². The molecule has 0 saturated heterocycles. The Kier molecular flexibility index (Phi) is 11.6. The average molecular weight is 306 g/mol. The molecule has 0 heterocycles. The van der Waals surface area contributed by atoms with Gasteiger partial charge in [-0.1, -0.05) is 13.8 Å². The zero-order valence-corrected chi connectivity index (χ0v) is 15.1. The van der Waals surface area contributed by atoms with Gasteiger partial charge in [-0.05, 0) is 26.7 Å². The van der Waals surface area contributed by atoms with Crippen molar-refractivity contribution in [3.05, 3.63) is 0 Å². The van der Waals surface area contributed by atoms with Crippen molar-refractivity contribution < 1.29 is 62.3 Å². The first-order valence-electron chi connectivity index (χ1n) is 5.63. The topological polar surface area (TPSA) is 94.1 Å². The summed E-state index contributed by atoms with van der Waals surface area (Å²) in [6.07, 6.45) is -2.66. The zero-order valence-electron chi connectivity index (χ0n) is 12.2. The molecule has 0 saturated carbocycles. The number of hydrogen-bond acceptors (Lipinski definition) is 7. The van der Waals surface area contributed by atoms with Gasteiger partial charge in [0.1, 0.15) is 0 Å². The van der Waals surface area contributed by atoms with Gasteiger partial charge in [-0.15, -0.1) is 0 Å². The van der Waals surface area contributed by atoms with Gasteiger partial charge in [-0.3, -0.25) is 9.09 Å². The second kappa shape index (κ2) is 10.2. The van der Waals surface area contributed by atoms with Crippen molar-refractivity contribution in [2.75, 3.05) is 6.61 Å². The molecule has 0 bridgehead atoms. The van der Waals surface area contributed by atoms with Gasteiger partial charge in [0.15, 0.2) is 0 Å². The van der Waals surface area contributed by atoms with E-state index in [2.05, 4.69) is 18.5 Å². The molecule has 108 valence electrons. The summed E-state index contributed by atoms with van der Waals surface area (Å²) in [5, 5.41) is 0. The van der Waals surface area contributed by atoms with Gasteiger partial charge in [0.2, 0.25) is 6.29 Å². The summed E-state index contributed by atoms with van der Waals surface area (Å²) in [5.41, 5.74) is 0. The fourth-order valence-electron chi connectivity index (χ4n) is 0.830. The Labute approximate surface area is 135 Å². The normalized spacial score (nSPS) is 15.6. The maximum atomic E-state index is 11.3. The van der Waals surface area contributed by atoms with E-state index in [0.717, 1.165) is 0 Å². The SMILES string of the molecule is CC(C)COP(=O)([O-])OC(C)OC(=O)OC(C)C.[Na+]. The number of phosphoric acid groups is 1. The van der Waals surface area contributed by atoms with Crippen LogP contribution in [0.3, 0.4) is 0 Å².